The first-order valence-corrected chi connectivity index (χ1v) is 4.53. The second-order valence-corrected chi connectivity index (χ2v) is 3.36. The minimum absolute atomic E-state index is 0.918. The highest BCUT2D eigenvalue weighted by Gasteiger charge is 2.07. The Hall–Kier alpha value is -1.22. The molecule has 0 aliphatic rings. The number of H-pyrrole nitrogens is 1. The Morgan fingerprint density at radius 3 is 2.46 bits per heavy atom. The van der Waals surface area contributed by atoms with E-state index in [0.29, 0.717) is 0 Å². The molecule has 0 unspecified atom stereocenters. The van der Waals surface area contributed by atoms with Gasteiger partial charge in [-0.3, -0.25) is 5.10 Å². The van der Waals surface area contributed by atoms with Crippen molar-refractivity contribution in [3.8, 4) is 11.3 Å². The number of nitrogens with one attached hydrogen (secondary N) is 1. The van der Waals surface area contributed by atoms with Gasteiger partial charge in [0, 0.05) is 11.3 Å². The fraction of sp³-hybridized carbons (Fsp3) is 0.100. The van der Waals surface area contributed by atoms with Crippen LogP contribution in [-0.2, 0) is 0 Å². The van der Waals surface area contributed by atoms with E-state index in [2.05, 4.69) is 22.8 Å². The highest BCUT2D eigenvalue weighted by Crippen LogP contribution is 2.25. The van der Waals surface area contributed by atoms with Gasteiger partial charge >= 0.3 is 0 Å². The first kappa shape index (κ1) is 8.38. The molecule has 1 N–H and O–H groups in total. The average molecular weight is 190 g/mol. The van der Waals surface area contributed by atoms with Crippen molar-refractivity contribution in [2.24, 2.45) is 0 Å². The van der Waals surface area contributed by atoms with Crippen LogP contribution < -0.4 is 0 Å². The summed E-state index contributed by atoms with van der Waals surface area (Å²) in [5.41, 5.74) is 3.01. The minimum atomic E-state index is 0.918. The molecule has 2 nitrogen and oxygen atoms in total. The summed E-state index contributed by atoms with van der Waals surface area (Å²) in [5.74, 6) is 0. The van der Waals surface area contributed by atoms with Gasteiger partial charge in [-0.15, -0.1) is 12.6 Å². The second kappa shape index (κ2) is 3.26. The number of aromatic nitrogens is 2. The lowest BCUT2D eigenvalue weighted by Gasteiger charge is -1.96. The van der Waals surface area contributed by atoms with E-state index in [1.54, 1.807) is 0 Å². The quantitative estimate of drug-likeness (QED) is 0.665. The summed E-state index contributed by atoms with van der Waals surface area (Å²) < 4.78 is 0. The molecule has 1 aromatic heterocycles. The number of aryl methyl sites for hydroxylation is 1. The molecule has 0 amide bonds. The van der Waals surface area contributed by atoms with Crippen molar-refractivity contribution in [3.63, 3.8) is 0 Å². The molecule has 0 saturated heterocycles. The smallest absolute Gasteiger partial charge is 0.106 e. The van der Waals surface area contributed by atoms with Gasteiger partial charge in [0.1, 0.15) is 5.69 Å². The van der Waals surface area contributed by atoms with Crippen molar-refractivity contribution >= 4 is 12.6 Å². The van der Waals surface area contributed by atoms with Crippen LogP contribution in [0.5, 0.6) is 0 Å². The number of hydrogen-bond acceptors (Lipinski definition) is 2. The van der Waals surface area contributed by atoms with Crippen molar-refractivity contribution in [1.82, 2.24) is 10.2 Å². The topological polar surface area (TPSA) is 28.7 Å². The highest BCUT2D eigenvalue weighted by atomic mass is 32.1. The summed E-state index contributed by atoms with van der Waals surface area (Å²) in [6.45, 7) is 1.96. The van der Waals surface area contributed by atoms with Crippen LogP contribution in [0.1, 0.15) is 5.69 Å². The number of hydrogen-bond donors (Lipinski definition) is 2. The summed E-state index contributed by atoms with van der Waals surface area (Å²) in [7, 11) is 0. The minimum Gasteiger partial charge on any atom is -0.281 e. The number of nitrogens with zero attached hydrogens (tertiary/aromatic N) is 1. The molecule has 2 rings (SSSR count). The molecule has 0 aliphatic heterocycles. The summed E-state index contributed by atoms with van der Waals surface area (Å²) in [4.78, 5) is 0.922. The lowest BCUT2D eigenvalue weighted by atomic mass is 10.1. The Bertz CT molecular complexity index is 406. The SMILES string of the molecule is Cc1[nH]nc(-c2ccccc2)c1S. The first-order chi connectivity index (χ1) is 6.29. The van der Waals surface area contributed by atoms with Gasteiger partial charge in [-0.05, 0) is 6.92 Å². The molecule has 13 heavy (non-hydrogen) atoms. The molecule has 1 heterocycles. The summed E-state index contributed by atoms with van der Waals surface area (Å²) >= 11 is 4.38. The molecule has 0 aliphatic carbocycles. The van der Waals surface area contributed by atoms with E-state index < -0.39 is 0 Å². The molecule has 0 saturated carbocycles. The molecular weight excluding hydrogens is 180 g/mol. The Balaban J connectivity index is 2.53. The molecule has 0 atom stereocenters. The van der Waals surface area contributed by atoms with Gasteiger partial charge in [0.15, 0.2) is 0 Å². The lowest BCUT2D eigenvalue weighted by molar-refractivity contribution is 1.05. The molecule has 0 fully saturated rings. The van der Waals surface area contributed by atoms with E-state index in [4.69, 9.17) is 0 Å². The number of rotatable bonds is 1. The molecule has 0 spiro atoms. The third-order valence-electron chi connectivity index (χ3n) is 1.96. The Morgan fingerprint density at radius 1 is 1.23 bits per heavy atom. The largest absolute Gasteiger partial charge is 0.281 e. The van der Waals surface area contributed by atoms with Gasteiger partial charge in [-0.2, -0.15) is 5.10 Å². The summed E-state index contributed by atoms with van der Waals surface area (Å²) in [6, 6.07) is 10.0. The van der Waals surface area contributed by atoms with Crippen LogP contribution in [0.25, 0.3) is 11.3 Å². The van der Waals surface area contributed by atoms with E-state index in [-0.39, 0.29) is 0 Å². The molecule has 66 valence electrons. The normalized spacial score (nSPS) is 10.3. The standard InChI is InChI=1S/C10H10N2S/c1-7-10(13)9(12-11-7)8-5-3-2-4-6-8/h2-6,13H,1H3,(H,11,12). The van der Waals surface area contributed by atoms with Crippen LogP contribution in [0.2, 0.25) is 0 Å². The van der Waals surface area contributed by atoms with Crippen LogP contribution in [-0.4, -0.2) is 10.2 Å². The van der Waals surface area contributed by atoms with Crippen molar-refractivity contribution < 1.29 is 0 Å². The van der Waals surface area contributed by atoms with E-state index in [1.807, 2.05) is 37.3 Å². The van der Waals surface area contributed by atoms with Crippen molar-refractivity contribution in [2.75, 3.05) is 0 Å². The van der Waals surface area contributed by atoms with Crippen molar-refractivity contribution in [2.45, 2.75) is 11.8 Å². The number of aromatic amines is 1. The predicted molar refractivity (Wildman–Crippen MR) is 56.0 cm³/mol. The van der Waals surface area contributed by atoms with Crippen LogP contribution >= 0.6 is 12.6 Å². The Kier molecular flexibility index (Phi) is 2.10. The number of benzene rings is 1. The Morgan fingerprint density at radius 2 is 1.92 bits per heavy atom. The van der Waals surface area contributed by atoms with Gasteiger partial charge in [0.25, 0.3) is 0 Å². The van der Waals surface area contributed by atoms with Gasteiger partial charge in [-0.1, -0.05) is 30.3 Å². The Labute approximate surface area is 82.4 Å². The molecule has 2 aromatic rings. The maximum Gasteiger partial charge on any atom is 0.106 e. The zero-order valence-electron chi connectivity index (χ0n) is 7.28. The van der Waals surface area contributed by atoms with Gasteiger partial charge in [0.05, 0.1) is 4.90 Å². The fourth-order valence-corrected chi connectivity index (χ4v) is 1.45. The lowest BCUT2D eigenvalue weighted by Crippen LogP contribution is -1.77. The molecule has 1 aromatic carbocycles. The van der Waals surface area contributed by atoms with E-state index >= 15 is 0 Å². The number of thiol groups is 1. The second-order valence-electron chi connectivity index (χ2n) is 2.91. The first-order valence-electron chi connectivity index (χ1n) is 4.08. The van der Waals surface area contributed by atoms with E-state index in [1.165, 1.54) is 0 Å². The third-order valence-corrected chi connectivity index (χ3v) is 2.51. The van der Waals surface area contributed by atoms with Crippen LogP contribution in [0.3, 0.4) is 0 Å². The van der Waals surface area contributed by atoms with Crippen molar-refractivity contribution in [1.29, 1.82) is 0 Å². The average Bonchev–Trinajstić information content (AvgIpc) is 2.49. The maximum absolute atomic E-state index is 4.38. The molecule has 0 bridgehead atoms. The summed E-state index contributed by atoms with van der Waals surface area (Å²) in [6.07, 6.45) is 0. The van der Waals surface area contributed by atoms with Crippen LogP contribution in [0.4, 0.5) is 0 Å². The van der Waals surface area contributed by atoms with Gasteiger partial charge in [0.2, 0.25) is 0 Å². The zero-order valence-corrected chi connectivity index (χ0v) is 8.18. The van der Waals surface area contributed by atoms with E-state index in [9.17, 15) is 0 Å². The van der Waals surface area contributed by atoms with Crippen LogP contribution in [0, 0.1) is 6.92 Å². The summed E-state index contributed by atoms with van der Waals surface area (Å²) in [5, 5.41) is 7.09. The van der Waals surface area contributed by atoms with Crippen molar-refractivity contribution in [3.05, 3.63) is 36.0 Å². The van der Waals surface area contributed by atoms with Gasteiger partial charge in [-0.25, -0.2) is 0 Å². The molecular formula is C10H10N2S. The molecule has 3 heteroatoms. The predicted octanol–water partition coefficient (Wildman–Crippen LogP) is 2.67. The fourth-order valence-electron chi connectivity index (χ4n) is 1.22. The third kappa shape index (κ3) is 1.47. The van der Waals surface area contributed by atoms with Gasteiger partial charge < -0.3 is 0 Å². The maximum atomic E-state index is 4.38. The highest BCUT2D eigenvalue weighted by molar-refractivity contribution is 7.80. The monoisotopic (exact) mass is 190 g/mol. The zero-order chi connectivity index (χ0) is 9.26. The van der Waals surface area contributed by atoms with Crippen LogP contribution in [0.15, 0.2) is 35.2 Å². The molecule has 0 radical (unpaired) electrons. The van der Waals surface area contributed by atoms with E-state index in [0.717, 1.165) is 21.8 Å².